The summed E-state index contributed by atoms with van der Waals surface area (Å²) in [7, 11) is 2.04. The lowest BCUT2D eigenvalue weighted by molar-refractivity contribution is -0.116. The number of nitrogens with one attached hydrogen (secondary N) is 2. The maximum atomic E-state index is 11.6. The van der Waals surface area contributed by atoms with Crippen molar-refractivity contribution < 1.29 is 4.79 Å². The molecule has 1 fully saturated rings. The van der Waals surface area contributed by atoms with Gasteiger partial charge in [0.05, 0.1) is 0 Å². The van der Waals surface area contributed by atoms with E-state index in [-0.39, 0.29) is 5.91 Å². The maximum Gasteiger partial charge on any atom is 0.224 e. The summed E-state index contributed by atoms with van der Waals surface area (Å²) in [5.74, 6) is 1.06. The molecule has 1 amide bonds. The molecule has 1 unspecified atom stereocenters. The van der Waals surface area contributed by atoms with Crippen LogP contribution in [-0.2, 0) is 11.2 Å². The second-order valence-corrected chi connectivity index (χ2v) is 5.84. The first-order chi connectivity index (χ1) is 9.26. The summed E-state index contributed by atoms with van der Waals surface area (Å²) >= 11 is 0. The highest BCUT2D eigenvalue weighted by molar-refractivity contribution is 5.92. The Bertz CT molecular complexity index is 480. The molecule has 1 saturated carbocycles. The third-order valence-corrected chi connectivity index (χ3v) is 4.27. The number of fused-ring (bicyclic) bond motifs is 1. The van der Waals surface area contributed by atoms with Crippen LogP contribution in [0.25, 0.3) is 0 Å². The standard InChI is InChI=1S/C16H22N2O/c1-17-15(9-11-5-6-11)13-7-8-14-12(10-13)3-2-4-16(19)18-14/h7-8,10-11,15,17H,2-6,9H2,1H3,(H,18,19). The van der Waals surface area contributed by atoms with Crippen molar-refractivity contribution in [3.63, 3.8) is 0 Å². The molecule has 1 atom stereocenters. The van der Waals surface area contributed by atoms with Gasteiger partial charge < -0.3 is 10.6 Å². The first kappa shape index (κ1) is 12.7. The van der Waals surface area contributed by atoms with Crippen LogP contribution in [0, 0.1) is 5.92 Å². The van der Waals surface area contributed by atoms with E-state index in [0.717, 1.165) is 24.4 Å². The number of carbonyl (C=O) groups excluding carboxylic acids is 1. The van der Waals surface area contributed by atoms with E-state index in [1.54, 1.807) is 0 Å². The number of benzene rings is 1. The summed E-state index contributed by atoms with van der Waals surface area (Å²) in [6, 6.07) is 6.97. The Kier molecular flexibility index (Phi) is 3.56. The number of aryl methyl sites for hydroxylation is 1. The third kappa shape index (κ3) is 2.98. The minimum absolute atomic E-state index is 0.148. The van der Waals surface area contributed by atoms with E-state index in [1.807, 2.05) is 7.05 Å². The van der Waals surface area contributed by atoms with Gasteiger partial charge in [0.2, 0.25) is 5.91 Å². The van der Waals surface area contributed by atoms with Crippen molar-refractivity contribution in [2.75, 3.05) is 12.4 Å². The molecule has 1 aromatic rings. The van der Waals surface area contributed by atoms with Crippen LogP contribution in [0.5, 0.6) is 0 Å². The van der Waals surface area contributed by atoms with Gasteiger partial charge in [-0.3, -0.25) is 4.79 Å². The van der Waals surface area contributed by atoms with Crippen LogP contribution >= 0.6 is 0 Å². The summed E-state index contributed by atoms with van der Waals surface area (Å²) in [4.78, 5) is 11.6. The Hall–Kier alpha value is -1.35. The van der Waals surface area contributed by atoms with Gasteiger partial charge in [0.25, 0.3) is 0 Å². The van der Waals surface area contributed by atoms with E-state index in [4.69, 9.17) is 0 Å². The molecule has 0 aromatic heterocycles. The molecule has 3 rings (SSSR count). The van der Waals surface area contributed by atoms with E-state index in [9.17, 15) is 4.79 Å². The lowest BCUT2D eigenvalue weighted by atomic mass is 9.97. The molecule has 1 aromatic carbocycles. The highest BCUT2D eigenvalue weighted by Gasteiger charge is 2.26. The van der Waals surface area contributed by atoms with Crippen LogP contribution in [0.2, 0.25) is 0 Å². The van der Waals surface area contributed by atoms with Crippen molar-refractivity contribution in [3.8, 4) is 0 Å². The summed E-state index contributed by atoms with van der Waals surface area (Å²) in [6.45, 7) is 0. The molecule has 2 N–H and O–H groups in total. The van der Waals surface area contributed by atoms with E-state index in [1.165, 1.54) is 30.4 Å². The minimum atomic E-state index is 0.148. The topological polar surface area (TPSA) is 41.1 Å². The zero-order chi connectivity index (χ0) is 13.2. The van der Waals surface area contributed by atoms with Crippen molar-refractivity contribution in [2.24, 2.45) is 5.92 Å². The number of rotatable bonds is 4. The largest absolute Gasteiger partial charge is 0.326 e. The number of amides is 1. The highest BCUT2D eigenvalue weighted by atomic mass is 16.1. The van der Waals surface area contributed by atoms with Crippen molar-refractivity contribution in [3.05, 3.63) is 29.3 Å². The Balaban J connectivity index is 1.82. The summed E-state index contributed by atoms with van der Waals surface area (Å²) < 4.78 is 0. The molecule has 102 valence electrons. The summed E-state index contributed by atoms with van der Waals surface area (Å²) in [5, 5.41) is 6.43. The van der Waals surface area contributed by atoms with Crippen molar-refractivity contribution >= 4 is 11.6 Å². The Morgan fingerprint density at radius 1 is 1.37 bits per heavy atom. The van der Waals surface area contributed by atoms with Crippen molar-refractivity contribution in [1.82, 2.24) is 5.32 Å². The summed E-state index contributed by atoms with van der Waals surface area (Å²) in [6.07, 6.45) is 6.61. The van der Waals surface area contributed by atoms with Crippen LogP contribution in [0.1, 0.15) is 49.3 Å². The van der Waals surface area contributed by atoms with Crippen LogP contribution < -0.4 is 10.6 Å². The SMILES string of the molecule is CNC(CC1CC1)c1ccc2c(c1)CCCC(=O)N2. The van der Waals surface area contributed by atoms with Gasteiger partial charge in [-0.1, -0.05) is 25.0 Å². The predicted octanol–water partition coefficient (Wildman–Crippen LogP) is 3.02. The average Bonchev–Trinajstić information content (AvgIpc) is 3.22. The lowest BCUT2D eigenvalue weighted by Crippen LogP contribution is -2.17. The van der Waals surface area contributed by atoms with Crippen molar-refractivity contribution in [2.45, 2.75) is 44.6 Å². The molecular weight excluding hydrogens is 236 g/mol. The zero-order valence-electron chi connectivity index (χ0n) is 11.5. The molecule has 0 radical (unpaired) electrons. The van der Waals surface area contributed by atoms with Gasteiger partial charge in [-0.2, -0.15) is 0 Å². The molecule has 2 aliphatic rings. The molecule has 0 bridgehead atoms. The number of anilines is 1. The van der Waals surface area contributed by atoms with Gasteiger partial charge >= 0.3 is 0 Å². The first-order valence-corrected chi connectivity index (χ1v) is 7.36. The van der Waals surface area contributed by atoms with Crippen LogP contribution in [0.15, 0.2) is 18.2 Å². The van der Waals surface area contributed by atoms with Gasteiger partial charge in [-0.25, -0.2) is 0 Å². The smallest absolute Gasteiger partial charge is 0.224 e. The number of hydrogen-bond donors (Lipinski definition) is 2. The van der Waals surface area contributed by atoms with Crippen molar-refractivity contribution in [1.29, 1.82) is 0 Å². The normalized spacial score (nSPS) is 20.4. The maximum absolute atomic E-state index is 11.6. The van der Waals surface area contributed by atoms with Gasteiger partial charge in [0.1, 0.15) is 0 Å². The molecule has 3 nitrogen and oxygen atoms in total. The van der Waals surface area contributed by atoms with E-state index >= 15 is 0 Å². The first-order valence-electron chi connectivity index (χ1n) is 7.36. The third-order valence-electron chi connectivity index (χ3n) is 4.27. The second kappa shape index (κ2) is 5.33. The van der Waals surface area contributed by atoms with Gasteiger partial charge in [-0.05, 0) is 49.4 Å². The van der Waals surface area contributed by atoms with Crippen LogP contribution in [0.3, 0.4) is 0 Å². The second-order valence-electron chi connectivity index (χ2n) is 5.84. The fourth-order valence-electron chi connectivity index (χ4n) is 2.92. The number of hydrogen-bond acceptors (Lipinski definition) is 2. The number of carbonyl (C=O) groups is 1. The van der Waals surface area contributed by atoms with Gasteiger partial charge in [-0.15, -0.1) is 0 Å². The van der Waals surface area contributed by atoms with Crippen LogP contribution in [-0.4, -0.2) is 13.0 Å². The molecule has 19 heavy (non-hydrogen) atoms. The molecule has 0 saturated heterocycles. The molecule has 1 aliphatic heterocycles. The van der Waals surface area contributed by atoms with Gasteiger partial charge in [0.15, 0.2) is 0 Å². The lowest BCUT2D eigenvalue weighted by Gasteiger charge is -2.18. The van der Waals surface area contributed by atoms with Gasteiger partial charge in [0, 0.05) is 18.2 Å². The zero-order valence-corrected chi connectivity index (χ0v) is 11.5. The van der Waals surface area contributed by atoms with E-state index in [2.05, 4.69) is 28.8 Å². The minimum Gasteiger partial charge on any atom is -0.326 e. The quantitative estimate of drug-likeness (QED) is 0.871. The van der Waals surface area contributed by atoms with E-state index in [0.29, 0.717) is 12.5 Å². The summed E-state index contributed by atoms with van der Waals surface area (Å²) in [5.41, 5.74) is 3.66. The molecule has 1 heterocycles. The predicted molar refractivity (Wildman–Crippen MR) is 77.2 cm³/mol. The Labute approximate surface area is 114 Å². The van der Waals surface area contributed by atoms with Crippen LogP contribution in [0.4, 0.5) is 5.69 Å². The monoisotopic (exact) mass is 258 g/mol. The van der Waals surface area contributed by atoms with E-state index < -0.39 is 0 Å². The Morgan fingerprint density at radius 3 is 2.95 bits per heavy atom. The molecule has 0 spiro atoms. The molecular formula is C16H22N2O. The molecule has 3 heteroatoms. The highest BCUT2D eigenvalue weighted by Crippen LogP contribution is 2.38. The fourth-order valence-corrected chi connectivity index (χ4v) is 2.92. The molecule has 1 aliphatic carbocycles. The average molecular weight is 258 g/mol. The fraction of sp³-hybridized carbons (Fsp3) is 0.562. The Morgan fingerprint density at radius 2 is 2.21 bits per heavy atom.